The third-order valence-corrected chi connectivity index (χ3v) is 9.59. The molecule has 0 bridgehead atoms. The average Bonchev–Trinajstić information content (AvgIpc) is 3.26. The number of aryl methyl sites for hydroxylation is 1. The summed E-state index contributed by atoms with van der Waals surface area (Å²) in [5.74, 6) is 2.92. The first-order valence-electron chi connectivity index (χ1n) is 11.8. The topological polar surface area (TPSA) is 55.1 Å². The van der Waals surface area contributed by atoms with Crippen molar-refractivity contribution in [2.45, 2.75) is 84.8 Å². The van der Waals surface area contributed by atoms with Gasteiger partial charge in [-0.2, -0.15) is 5.10 Å². The van der Waals surface area contributed by atoms with Crippen LogP contribution in [0.15, 0.2) is 17.8 Å². The predicted molar refractivity (Wildman–Crippen MR) is 114 cm³/mol. The molecule has 1 N–H and O–H groups in total. The molecule has 4 fully saturated rings. The van der Waals surface area contributed by atoms with Gasteiger partial charge in [-0.05, 0) is 105 Å². The fraction of sp³-hybridized carbons (Fsp3) is 0.760. The molecule has 0 saturated heterocycles. The van der Waals surface area contributed by atoms with Crippen molar-refractivity contribution in [3.63, 3.8) is 0 Å². The van der Waals surface area contributed by atoms with E-state index in [2.05, 4.69) is 31.9 Å². The second kappa shape index (κ2) is 6.80. The molecular formula is C25H36N2O2. The number of fused-ring (bicyclic) bond motifs is 5. The number of nitrogens with zero attached hydrogens (tertiary/aromatic N) is 2. The summed E-state index contributed by atoms with van der Waals surface area (Å²) in [6.45, 7) is 7.70. The number of Topliss-reactive ketones (excluding diaryl/α,β-unsaturated/α-hetero) is 1. The molecular weight excluding hydrogens is 360 g/mol. The first kappa shape index (κ1) is 19.5. The van der Waals surface area contributed by atoms with E-state index in [1.807, 2.05) is 16.9 Å². The van der Waals surface area contributed by atoms with Crippen LogP contribution in [-0.4, -0.2) is 26.8 Å². The molecule has 0 aromatic carbocycles. The minimum Gasteiger partial charge on any atom is -0.393 e. The maximum absolute atomic E-state index is 13.5. The van der Waals surface area contributed by atoms with Crippen molar-refractivity contribution in [1.29, 1.82) is 0 Å². The fourth-order valence-electron chi connectivity index (χ4n) is 7.84. The largest absolute Gasteiger partial charge is 0.393 e. The van der Waals surface area contributed by atoms with Gasteiger partial charge in [-0.25, -0.2) is 0 Å². The molecule has 7 atom stereocenters. The predicted octanol–water partition coefficient (Wildman–Crippen LogP) is 4.87. The van der Waals surface area contributed by atoms with E-state index in [9.17, 15) is 9.90 Å². The van der Waals surface area contributed by atoms with E-state index in [1.54, 1.807) is 0 Å². The Labute approximate surface area is 174 Å². The Morgan fingerprint density at radius 2 is 2.03 bits per heavy atom. The summed E-state index contributed by atoms with van der Waals surface area (Å²) in [5.41, 5.74) is 2.10. The van der Waals surface area contributed by atoms with Crippen LogP contribution >= 0.6 is 0 Å². The SMILES string of the molecule is CCn1ccc(/C=C2\C[C@H]3[C@@H]4CC[C@@H]5C[C@@H](O)CC[C@]5(C)[C@H]4CC[C@]3(C)C2=O)n1. The van der Waals surface area contributed by atoms with Gasteiger partial charge in [-0.15, -0.1) is 0 Å². The van der Waals surface area contributed by atoms with E-state index < -0.39 is 0 Å². The lowest BCUT2D eigenvalue weighted by Crippen LogP contribution is -2.54. The maximum atomic E-state index is 13.5. The van der Waals surface area contributed by atoms with Crippen LogP contribution in [0.2, 0.25) is 0 Å². The summed E-state index contributed by atoms with van der Waals surface area (Å²) in [5, 5.41) is 14.8. The number of hydrogen-bond acceptors (Lipinski definition) is 3. The molecule has 0 aliphatic heterocycles. The number of aromatic nitrogens is 2. The van der Waals surface area contributed by atoms with Gasteiger partial charge in [0.25, 0.3) is 0 Å². The van der Waals surface area contributed by atoms with Crippen LogP contribution in [0.3, 0.4) is 0 Å². The highest BCUT2D eigenvalue weighted by Gasteiger charge is 2.61. The normalized spacial score (nSPS) is 45.7. The van der Waals surface area contributed by atoms with Crippen LogP contribution in [-0.2, 0) is 11.3 Å². The molecule has 0 unspecified atom stereocenters. The monoisotopic (exact) mass is 396 g/mol. The molecule has 1 aromatic heterocycles. The first-order valence-corrected chi connectivity index (χ1v) is 11.8. The summed E-state index contributed by atoms with van der Waals surface area (Å²) in [7, 11) is 0. The lowest BCUT2D eigenvalue weighted by atomic mass is 9.45. The number of hydrogen-bond donors (Lipinski definition) is 1. The number of aliphatic hydroxyl groups excluding tert-OH is 1. The Morgan fingerprint density at radius 1 is 1.21 bits per heavy atom. The number of ketones is 1. The van der Waals surface area contributed by atoms with Crippen LogP contribution in [0.5, 0.6) is 0 Å². The van der Waals surface area contributed by atoms with Gasteiger partial charge in [0.1, 0.15) is 0 Å². The Hall–Kier alpha value is -1.42. The molecule has 158 valence electrons. The Kier molecular flexibility index (Phi) is 4.58. The molecule has 0 amide bonds. The third-order valence-electron chi connectivity index (χ3n) is 9.59. The van der Waals surface area contributed by atoms with E-state index >= 15 is 0 Å². The van der Waals surface area contributed by atoms with Crippen molar-refractivity contribution in [2.75, 3.05) is 0 Å². The summed E-state index contributed by atoms with van der Waals surface area (Å²) in [6.07, 6.45) is 12.7. The molecule has 4 aliphatic rings. The van der Waals surface area contributed by atoms with E-state index in [1.165, 1.54) is 19.3 Å². The maximum Gasteiger partial charge on any atom is 0.165 e. The van der Waals surface area contributed by atoms with E-state index in [0.29, 0.717) is 29.0 Å². The van der Waals surface area contributed by atoms with Gasteiger partial charge >= 0.3 is 0 Å². The number of carbonyl (C=O) groups excluding carboxylic acids is 1. The highest BCUT2D eigenvalue weighted by molar-refractivity contribution is 6.05. The van der Waals surface area contributed by atoms with Crippen molar-refractivity contribution in [3.8, 4) is 0 Å². The van der Waals surface area contributed by atoms with E-state index in [0.717, 1.165) is 55.8 Å². The van der Waals surface area contributed by atoms with Gasteiger partial charge in [0.2, 0.25) is 0 Å². The summed E-state index contributed by atoms with van der Waals surface area (Å²) >= 11 is 0. The van der Waals surface area contributed by atoms with Crippen LogP contribution in [0.4, 0.5) is 0 Å². The summed E-state index contributed by atoms with van der Waals surface area (Å²) in [4.78, 5) is 13.5. The molecule has 29 heavy (non-hydrogen) atoms. The molecule has 4 aliphatic carbocycles. The Bertz CT molecular complexity index is 842. The molecule has 4 heteroatoms. The Morgan fingerprint density at radius 3 is 2.79 bits per heavy atom. The zero-order chi connectivity index (χ0) is 20.4. The first-order chi connectivity index (χ1) is 13.8. The quantitative estimate of drug-likeness (QED) is 0.726. The van der Waals surface area contributed by atoms with Gasteiger partial charge in [0.05, 0.1) is 11.8 Å². The molecule has 0 spiro atoms. The van der Waals surface area contributed by atoms with Gasteiger partial charge in [0.15, 0.2) is 5.78 Å². The van der Waals surface area contributed by atoms with Crippen LogP contribution < -0.4 is 0 Å². The standard InChI is InChI=1S/C25H36N2O2/c1-4-27-12-9-18(26-27)13-16-14-22-20-6-5-17-15-19(28)7-10-24(17,2)21(20)8-11-25(22,3)23(16)29/h9,12-13,17,19-22,28H,4-8,10-11,14-15H2,1-3H3/b16-13+/t17-,19+,20-,21+,22+,24+,25+/m1/s1. The van der Waals surface area contributed by atoms with Gasteiger partial charge in [0, 0.05) is 18.2 Å². The van der Waals surface area contributed by atoms with Crippen molar-refractivity contribution in [2.24, 2.45) is 34.5 Å². The van der Waals surface area contributed by atoms with Crippen molar-refractivity contribution >= 4 is 11.9 Å². The fourth-order valence-corrected chi connectivity index (χ4v) is 7.84. The highest BCUT2D eigenvalue weighted by Crippen LogP contribution is 2.66. The highest BCUT2D eigenvalue weighted by atomic mass is 16.3. The van der Waals surface area contributed by atoms with Crippen LogP contribution in [0.1, 0.15) is 77.8 Å². The average molecular weight is 397 g/mol. The minimum atomic E-state index is -0.183. The molecule has 5 rings (SSSR count). The molecule has 0 radical (unpaired) electrons. The molecule has 1 aromatic rings. The third kappa shape index (κ3) is 2.89. The van der Waals surface area contributed by atoms with Crippen molar-refractivity contribution in [1.82, 2.24) is 9.78 Å². The van der Waals surface area contributed by atoms with Crippen molar-refractivity contribution < 1.29 is 9.90 Å². The lowest BCUT2D eigenvalue weighted by molar-refractivity contribution is -0.141. The zero-order valence-corrected chi connectivity index (χ0v) is 18.2. The molecule has 4 saturated carbocycles. The minimum absolute atomic E-state index is 0.0935. The lowest BCUT2D eigenvalue weighted by Gasteiger charge is -2.59. The number of rotatable bonds is 2. The number of allylic oxidation sites excluding steroid dienone is 1. The zero-order valence-electron chi connectivity index (χ0n) is 18.2. The van der Waals surface area contributed by atoms with Crippen molar-refractivity contribution in [3.05, 3.63) is 23.5 Å². The van der Waals surface area contributed by atoms with Gasteiger partial charge < -0.3 is 5.11 Å². The van der Waals surface area contributed by atoms with E-state index in [-0.39, 0.29) is 11.5 Å². The number of aliphatic hydroxyl groups is 1. The second-order valence-electron chi connectivity index (χ2n) is 10.8. The number of carbonyl (C=O) groups is 1. The molecule has 4 nitrogen and oxygen atoms in total. The second-order valence-corrected chi connectivity index (χ2v) is 10.8. The van der Waals surface area contributed by atoms with E-state index in [4.69, 9.17) is 0 Å². The van der Waals surface area contributed by atoms with Gasteiger partial charge in [-0.3, -0.25) is 9.48 Å². The van der Waals surface area contributed by atoms with Crippen LogP contribution in [0.25, 0.3) is 6.08 Å². The summed E-state index contributed by atoms with van der Waals surface area (Å²) < 4.78 is 1.93. The van der Waals surface area contributed by atoms with Gasteiger partial charge in [-0.1, -0.05) is 13.8 Å². The Balaban J connectivity index is 1.43. The summed E-state index contributed by atoms with van der Waals surface area (Å²) in [6, 6.07) is 2.02. The smallest absolute Gasteiger partial charge is 0.165 e. The van der Waals surface area contributed by atoms with Crippen LogP contribution in [0, 0.1) is 34.5 Å². The molecule has 1 heterocycles.